The molecule has 0 bridgehead atoms. The van der Waals surface area contributed by atoms with Gasteiger partial charge in [0.2, 0.25) is 0 Å². The molecule has 1 aliphatic carbocycles. The molecule has 4 nitrogen and oxygen atoms in total. The van der Waals surface area contributed by atoms with E-state index in [0.29, 0.717) is 6.54 Å². The van der Waals surface area contributed by atoms with Crippen LogP contribution >= 0.6 is 0 Å². The Morgan fingerprint density at radius 1 is 1.28 bits per heavy atom. The van der Waals surface area contributed by atoms with E-state index in [-0.39, 0.29) is 17.4 Å². The molecule has 1 aromatic rings. The fraction of sp³-hybridized carbons (Fsp3) is 0.786. The zero-order valence-electron chi connectivity index (χ0n) is 11.1. The number of hydrogen-bond donors (Lipinski definition) is 0. The maximum Gasteiger partial charge on any atom is 0.328 e. The lowest BCUT2D eigenvalue weighted by molar-refractivity contribution is -0.0421. The van der Waals surface area contributed by atoms with Gasteiger partial charge >= 0.3 is 5.69 Å². The molecule has 0 N–H and O–H groups in total. The lowest BCUT2D eigenvalue weighted by Gasteiger charge is -2.23. The zero-order chi connectivity index (χ0) is 12.6. The molecule has 1 saturated heterocycles. The summed E-state index contributed by atoms with van der Waals surface area (Å²) in [7, 11) is 0. The smallest absolute Gasteiger partial charge is 0.328 e. The summed E-state index contributed by atoms with van der Waals surface area (Å²) < 4.78 is 9.77. The highest BCUT2D eigenvalue weighted by Gasteiger charge is 2.42. The lowest BCUT2D eigenvalue weighted by atomic mass is 9.98. The first-order chi connectivity index (χ1) is 8.72. The Morgan fingerprint density at radius 3 is 2.67 bits per heavy atom. The standard InChI is InChI=1S/C14H22N2O2/c1-2-15-9-10-16(13(15)17)11-12-5-8-14(18-12)6-3-4-7-14/h9-10,12H,2-8,11H2,1H3. The summed E-state index contributed by atoms with van der Waals surface area (Å²) in [6.07, 6.45) is 11.3. The summed E-state index contributed by atoms with van der Waals surface area (Å²) in [4.78, 5) is 12.0. The Labute approximate surface area is 108 Å². The molecular weight excluding hydrogens is 228 g/mol. The molecule has 0 aromatic carbocycles. The van der Waals surface area contributed by atoms with Crippen molar-refractivity contribution in [3.63, 3.8) is 0 Å². The number of imidazole rings is 1. The van der Waals surface area contributed by atoms with Crippen LogP contribution in [0.2, 0.25) is 0 Å². The van der Waals surface area contributed by atoms with Crippen LogP contribution in [0, 0.1) is 0 Å². The molecule has 1 unspecified atom stereocenters. The minimum atomic E-state index is 0.0912. The van der Waals surface area contributed by atoms with Crippen molar-refractivity contribution in [3.8, 4) is 0 Å². The van der Waals surface area contributed by atoms with Crippen molar-refractivity contribution in [2.75, 3.05) is 0 Å². The van der Waals surface area contributed by atoms with E-state index in [1.54, 1.807) is 9.13 Å². The maximum atomic E-state index is 12.0. The van der Waals surface area contributed by atoms with Gasteiger partial charge in [0, 0.05) is 18.9 Å². The van der Waals surface area contributed by atoms with Crippen molar-refractivity contribution in [2.45, 2.75) is 70.2 Å². The summed E-state index contributed by atoms with van der Waals surface area (Å²) in [5.74, 6) is 0. The van der Waals surface area contributed by atoms with E-state index in [0.717, 1.165) is 13.0 Å². The van der Waals surface area contributed by atoms with Gasteiger partial charge in [-0.2, -0.15) is 0 Å². The summed E-state index contributed by atoms with van der Waals surface area (Å²) in [6, 6.07) is 0. The van der Waals surface area contributed by atoms with Crippen molar-refractivity contribution in [3.05, 3.63) is 22.9 Å². The minimum absolute atomic E-state index is 0.0912. The Bertz CT molecular complexity index is 468. The Hall–Kier alpha value is -1.03. The Morgan fingerprint density at radius 2 is 2.00 bits per heavy atom. The van der Waals surface area contributed by atoms with Gasteiger partial charge in [0.05, 0.1) is 18.2 Å². The van der Waals surface area contributed by atoms with Gasteiger partial charge in [-0.05, 0) is 32.6 Å². The third-order valence-corrected chi connectivity index (χ3v) is 4.51. The molecule has 1 aliphatic heterocycles. The van der Waals surface area contributed by atoms with E-state index < -0.39 is 0 Å². The highest BCUT2D eigenvalue weighted by molar-refractivity contribution is 4.93. The van der Waals surface area contributed by atoms with Crippen LogP contribution in [-0.4, -0.2) is 20.8 Å². The summed E-state index contributed by atoms with van der Waals surface area (Å²) in [6.45, 7) is 3.44. The van der Waals surface area contributed by atoms with Crippen LogP contribution in [0.5, 0.6) is 0 Å². The molecular formula is C14H22N2O2. The topological polar surface area (TPSA) is 36.2 Å². The third-order valence-electron chi connectivity index (χ3n) is 4.51. The van der Waals surface area contributed by atoms with Crippen molar-refractivity contribution in [2.24, 2.45) is 0 Å². The number of hydrogen-bond acceptors (Lipinski definition) is 2. The van der Waals surface area contributed by atoms with Crippen molar-refractivity contribution < 1.29 is 4.74 Å². The van der Waals surface area contributed by atoms with Gasteiger partial charge < -0.3 is 4.74 Å². The van der Waals surface area contributed by atoms with Crippen LogP contribution < -0.4 is 5.69 Å². The second-order valence-corrected chi connectivity index (χ2v) is 5.69. The van der Waals surface area contributed by atoms with E-state index in [2.05, 4.69) is 0 Å². The van der Waals surface area contributed by atoms with E-state index >= 15 is 0 Å². The maximum absolute atomic E-state index is 12.0. The lowest BCUT2D eigenvalue weighted by Crippen LogP contribution is -2.30. The number of rotatable bonds is 3. The van der Waals surface area contributed by atoms with Gasteiger partial charge in [0.1, 0.15) is 0 Å². The molecule has 2 heterocycles. The van der Waals surface area contributed by atoms with E-state index in [4.69, 9.17) is 4.74 Å². The normalized spacial score (nSPS) is 26.2. The second-order valence-electron chi connectivity index (χ2n) is 5.69. The average molecular weight is 250 g/mol. The van der Waals surface area contributed by atoms with E-state index in [1.807, 2.05) is 19.3 Å². The minimum Gasteiger partial charge on any atom is -0.370 e. The highest BCUT2D eigenvalue weighted by atomic mass is 16.5. The second kappa shape index (κ2) is 4.57. The van der Waals surface area contributed by atoms with Gasteiger partial charge in [0.25, 0.3) is 0 Å². The molecule has 1 saturated carbocycles. The third kappa shape index (κ3) is 2.03. The monoisotopic (exact) mass is 250 g/mol. The number of nitrogens with zero attached hydrogens (tertiary/aromatic N) is 2. The fourth-order valence-electron chi connectivity index (χ4n) is 3.46. The highest BCUT2D eigenvalue weighted by Crippen LogP contribution is 2.43. The van der Waals surface area contributed by atoms with E-state index in [9.17, 15) is 4.79 Å². The fourth-order valence-corrected chi connectivity index (χ4v) is 3.46. The number of aromatic nitrogens is 2. The quantitative estimate of drug-likeness (QED) is 0.824. The Balaban J connectivity index is 1.67. The molecule has 18 heavy (non-hydrogen) atoms. The largest absolute Gasteiger partial charge is 0.370 e. The molecule has 100 valence electrons. The summed E-state index contributed by atoms with van der Waals surface area (Å²) >= 11 is 0. The number of ether oxygens (including phenoxy) is 1. The molecule has 1 aromatic heterocycles. The van der Waals surface area contributed by atoms with Crippen LogP contribution in [-0.2, 0) is 17.8 Å². The van der Waals surface area contributed by atoms with Crippen molar-refractivity contribution in [1.82, 2.24) is 9.13 Å². The van der Waals surface area contributed by atoms with Gasteiger partial charge in [-0.15, -0.1) is 0 Å². The molecule has 1 atom stereocenters. The van der Waals surface area contributed by atoms with Gasteiger partial charge in [0.15, 0.2) is 0 Å². The zero-order valence-corrected chi connectivity index (χ0v) is 11.1. The predicted molar refractivity (Wildman–Crippen MR) is 69.7 cm³/mol. The first-order valence-corrected chi connectivity index (χ1v) is 7.16. The van der Waals surface area contributed by atoms with Crippen molar-refractivity contribution in [1.29, 1.82) is 0 Å². The van der Waals surface area contributed by atoms with Gasteiger partial charge in [-0.1, -0.05) is 12.8 Å². The molecule has 1 spiro atoms. The van der Waals surface area contributed by atoms with Crippen LogP contribution in [0.15, 0.2) is 17.2 Å². The van der Waals surface area contributed by atoms with Gasteiger partial charge in [-0.25, -0.2) is 4.79 Å². The van der Waals surface area contributed by atoms with E-state index in [1.165, 1.54) is 32.1 Å². The average Bonchev–Trinajstić information content (AvgIpc) is 3.06. The van der Waals surface area contributed by atoms with Crippen molar-refractivity contribution >= 4 is 0 Å². The molecule has 0 radical (unpaired) electrons. The van der Waals surface area contributed by atoms with Crippen LogP contribution in [0.3, 0.4) is 0 Å². The molecule has 3 rings (SSSR count). The predicted octanol–water partition coefficient (Wildman–Crippen LogP) is 2.16. The summed E-state index contributed by atoms with van der Waals surface area (Å²) in [5.41, 5.74) is 0.259. The van der Waals surface area contributed by atoms with Crippen LogP contribution in [0.1, 0.15) is 45.4 Å². The molecule has 0 amide bonds. The molecule has 4 heteroatoms. The first-order valence-electron chi connectivity index (χ1n) is 7.16. The molecule has 2 aliphatic rings. The SMILES string of the molecule is CCn1ccn(CC2CCC3(CCCC3)O2)c1=O. The Kier molecular flexibility index (Phi) is 3.06. The number of aryl methyl sites for hydroxylation is 1. The van der Waals surface area contributed by atoms with Gasteiger partial charge in [-0.3, -0.25) is 9.13 Å². The van der Waals surface area contributed by atoms with Crippen LogP contribution in [0.4, 0.5) is 0 Å². The summed E-state index contributed by atoms with van der Waals surface area (Å²) in [5, 5.41) is 0. The first kappa shape index (κ1) is 12.0. The molecule has 2 fully saturated rings. The van der Waals surface area contributed by atoms with Crippen LogP contribution in [0.25, 0.3) is 0 Å².